The maximum Gasteiger partial charge on any atom is 0.259 e. The standard InChI is InChI=1S/C20H24N4O2/c1-5-14-10-16(9-13(3)18(14)25)19-22-20(26-23-19)15-7-8-17(21-11-15)12-24(4)6-2/h7-11,25H,5-6,12H2,1-4H3. The summed E-state index contributed by atoms with van der Waals surface area (Å²) in [6.45, 7) is 7.77. The lowest BCUT2D eigenvalue weighted by Crippen LogP contribution is -2.17. The van der Waals surface area contributed by atoms with E-state index >= 15 is 0 Å². The van der Waals surface area contributed by atoms with E-state index in [0.29, 0.717) is 17.5 Å². The quantitative estimate of drug-likeness (QED) is 0.727. The number of aromatic nitrogens is 3. The van der Waals surface area contributed by atoms with Gasteiger partial charge >= 0.3 is 0 Å². The van der Waals surface area contributed by atoms with Crippen LogP contribution < -0.4 is 0 Å². The van der Waals surface area contributed by atoms with E-state index in [0.717, 1.165) is 47.5 Å². The van der Waals surface area contributed by atoms with E-state index in [-0.39, 0.29) is 0 Å². The molecule has 0 aliphatic heterocycles. The van der Waals surface area contributed by atoms with Gasteiger partial charge in [0.05, 0.1) is 11.3 Å². The number of nitrogens with zero attached hydrogens (tertiary/aromatic N) is 4. The van der Waals surface area contributed by atoms with Crippen LogP contribution in [0.15, 0.2) is 35.0 Å². The molecule has 2 heterocycles. The van der Waals surface area contributed by atoms with Crippen LogP contribution in [0, 0.1) is 6.92 Å². The number of hydrogen-bond acceptors (Lipinski definition) is 6. The number of phenols is 1. The van der Waals surface area contributed by atoms with Crippen molar-refractivity contribution in [3.8, 4) is 28.6 Å². The normalized spacial score (nSPS) is 11.3. The molecular formula is C20H24N4O2. The van der Waals surface area contributed by atoms with Gasteiger partial charge in [0.15, 0.2) is 0 Å². The average molecular weight is 352 g/mol. The van der Waals surface area contributed by atoms with Crippen molar-refractivity contribution in [3.05, 3.63) is 47.3 Å². The number of aryl methyl sites for hydroxylation is 2. The minimum Gasteiger partial charge on any atom is -0.507 e. The minimum atomic E-state index is 0.330. The molecule has 26 heavy (non-hydrogen) atoms. The summed E-state index contributed by atoms with van der Waals surface area (Å²) in [6, 6.07) is 7.69. The van der Waals surface area contributed by atoms with Crippen LogP contribution in [0.1, 0.15) is 30.7 Å². The Morgan fingerprint density at radius 1 is 1.15 bits per heavy atom. The molecule has 0 bridgehead atoms. The summed E-state index contributed by atoms with van der Waals surface area (Å²) in [7, 11) is 2.06. The van der Waals surface area contributed by atoms with E-state index in [4.69, 9.17) is 4.52 Å². The SMILES string of the molecule is CCc1cc(-c2noc(-c3ccc(CN(C)CC)nc3)n2)cc(C)c1O. The van der Waals surface area contributed by atoms with Gasteiger partial charge in [-0.1, -0.05) is 19.0 Å². The zero-order chi connectivity index (χ0) is 18.7. The fourth-order valence-corrected chi connectivity index (χ4v) is 2.74. The molecule has 3 aromatic rings. The highest BCUT2D eigenvalue weighted by Gasteiger charge is 2.14. The summed E-state index contributed by atoms with van der Waals surface area (Å²) in [6.07, 6.45) is 2.50. The molecule has 1 aromatic carbocycles. The Balaban J connectivity index is 1.85. The Morgan fingerprint density at radius 3 is 2.62 bits per heavy atom. The van der Waals surface area contributed by atoms with Crippen LogP contribution >= 0.6 is 0 Å². The van der Waals surface area contributed by atoms with Crippen molar-refractivity contribution in [2.24, 2.45) is 0 Å². The molecule has 6 nitrogen and oxygen atoms in total. The fourth-order valence-electron chi connectivity index (χ4n) is 2.74. The van der Waals surface area contributed by atoms with E-state index < -0.39 is 0 Å². The molecule has 3 rings (SSSR count). The van der Waals surface area contributed by atoms with Gasteiger partial charge in [0, 0.05) is 18.3 Å². The predicted molar refractivity (Wildman–Crippen MR) is 101 cm³/mol. The molecular weight excluding hydrogens is 328 g/mol. The van der Waals surface area contributed by atoms with Crippen LogP contribution in [-0.2, 0) is 13.0 Å². The Hall–Kier alpha value is -2.73. The minimum absolute atomic E-state index is 0.330. The van der Waals surface area contributed by atoms with Gasteiger partial charge in [-0.3, -0.25) is 4.98 Å². The van der Waals surface area contributed by atoms with Crippen molar-refractivity contribution in [3.63, 3.8) is 0 Å². The highest BCUT2D eigenvalue weighted by molar-refractivity contribution is 5.63. The van der Waals surface area contributed by atoms with Crippen molar-refractivity contribution in [2.45, 2.75) is 33.7 Å². The number of rotatable bonds is 6. The van der Waals surface area contributed by atoms with Crippen LogP contribution in [-0.4, -0.2) is 38.7 Å². The highest BCUT2D eigenvalue weighted by atomic mass is 16.5. The van der Waals surface area contributed by atoms with Crippen LogP contribution in [0.25, 0.3) is 22.8 Å². The summed E-state index contributed by atoms with van der Waals surface area (Å²) in [4.78, 5) is 11.2. The van der Waals surface area contributed by atoms with Crippen molar-refractivity contribution in [2.75, 3.05) is 13.6 Å². The molecule has 0 amide bonds. The van der Waals surface area contributed by atoms with E-state index in [1.54, 1.807) is 6.20 Å². The first-order chi connectivity index (χ1) is 12.5. The van der Waals surface area contributed by atoms with Crippen molar-refractivity contribution in [1.82, 2.24) is 20.0 Å². The maximum atomic E-state index is 10.1. The number of pyridine rings is 1. The zero-order valence-corrected chi connectivity index (χ0v) is 15.7. The first-order valence-electron chi connectivity index (χ1n) is 8.82. The number of aromatic hydroxyl groups is 1. The van der Waals surface area contributed by atoms with Crippen molar-refractivity contribution >= 4 is 0 Å². The highest BCUT2D eigenvalue weighted by Crippen LogP contribution is 2.29. The third kappa shape index (κ3) is 3.75. The molecule has 0 spiro atoms. The summed E-state index contributed by atoms with van der Waals surface area (Å²) in [5.41, 5.74) is 4.30. The van der Waals surface area contributed by atoms with Gasteiger partial charge in [0.2, 0.25) is 5.82 Å². The summed E-state index contributed by atoms with van der Waals surface area (Å²) >= 11 is 0. The molecule has 136 valence electrons. The lowest BCUT2D eigenvalue weighted by atomic mass is 10.0. The van der Waals surface area contributed by atoms with Crippen molar-refractivity contribution in [1.29, 1.82) is 0 Å². The first-order valence-corrected chi connectivity index (χ1v) is 8.82. The van der Waals surface area contributed by atoms with Gasteiger partial charge < -0.3 is 14.5 Å². The Bertz CT molecular complexity index is 887. The molecule has 0 fully saturated rings. The van der Waals surface area contributed by atoms with Crippen LogP contribution in [0.2, 0.25) is 0 Å². The molecule has 1 N–H and O–H groups in total. The zero-order valence-electron chi connectivity index (χ0n) is 15.7. The van der Waals surface area contributed by atoms with E-state index in [1.807, 2.05) is 38.1 Å². The first kappa shape index (κ1) is 18.1. The van der Waals surface area contributed by atoms with Gasteiger partial charge in [-0.25, -0.2) is 0 Å². The smallest absolute Gasteiger partial charge is 0.259 e. The molecule has 0 atom stereocenters. The summed E-state index contributed by atoms with van der Waals surface area (Å²) in [5.74, 6) is 1.27. The second-order valence-corrected chi connectivity index (χ2v) is 6.45. The molecule has 0 radical (unpaired) electrons. The largest absolute Gasteiger partial charge is 0.507 e. The van der Waals surface area contributed by atoms with Gasteiger partial charge in [-0.2, -0.15) is 4.98 Å². The van der Waals surface area contributed by atoms with Gasteiger partial charge in [0.25, 0.3) is 5.89 Å². The molecule has 2 aromatic heterocycles. The molecule has 6 heteroatoms. The molecule has 0 aliphatic rings. The van der Waals surface area contributed by atoms with E-state index in [2.05, 4.69) is 34.0 Å². The number of benzene rings is 1. The van der Waals surface area contributed by atoms with Crippen molar-refractivity contribution < 1.29 is 9.63 Å². The molecule has 0 aliphatic carbocycles. The summed E-state index contributed by atoms with van der Waals surface area (Å²) in [5, 5.41) is 14.2. The summed E-state index contributed by atoms with van der Waals surface area (Å²) < 4.78 is 5.42. The maximum absolute atomic E-state index is 10.1. The fraction of sp³-hybridized carbons (Fsp3) is 0.350. The second kappa shape index (κ2) is 7.66. The molecule has 0 saturated carbocycles. The van der Waals surface area contributed by atoms with E-state index in [9.17, 15) is 5.11 Å². The Morgan fingerprint density at radius 2 is 1.96 bits per heavy atom. The third-order valence-corrected chi connectivity index (χ3v) is 4.49. The van der Waals surface area contributed by atoms with Crippen LogP contribution in [0.3, 0.4) is 0 Å². The predicted octanol–water partition coefficient (Wildman–Crippen LogP) is 3.83. The Labute approximate surface area is 153 Å². The third-order valence-electron chi connectivity index (χ3n) is 4.49. The molecule has 0 saturated heterocycles. The lowest BCUT2D eigenvalue weighted by Gasteiger charge is -2.12. The van der Waals surface area contributed by atoms with Gasteiger partial charge in [-0.05, 0) is 62.3 Å². The molecule has 0 unspecified atom stereocenters. The number of hydrogen-bond donors (Lipinski definition) is 1. The number of phenolic OH excluding ortho intramolecular Hbond substituents is 1. The van der Waals surface area contributed by atoms with E-state index in [1.165, 1.54) is 0 Å². The lowest BCUT2D eigenvalue weighted by molar-refractivity contribution is 0.341. The topological polar surface area (TPSA) is 75.3 Å². The monoisotopic (exact) mass is 352 g/mol. The van der Waals surface area contributed by atoms with Crippen LogP contribution in [0.5, 0.6) is 5.75 Å². The second-order valence-electron chi connectivity index (χ2n) is 6.45. The van der Waals surface area contributed by atoms with Crippen LogP contribution in [0.4, 0.5) is 0 Å². The average Bonchev–Trinajstić information content (AvgIpc) is 3.14. The van der Waals surface area contributed by atoms with Gasteiger partial charge in [-0.15, -0.1) is 0 Å². The Kier molecular flexibility index (Phi) is 5.32. The van der Waals surface area contributed by atoms with Gasteiger partial charge in [0.1, 0.15) is 5.75 Å².